The van der Waals surface area contributed by atoms with Gasteiger partial charge in [-0.25, -0.2) is 0 Å². The van der Waals surface area contributed by atoms with Gasteiger partial charge in [-0.3, -0.25) is 0 Å². The molecule has 0 radical (unpaired) electrons. The summed E-state index contributed by atoms with van der Waals surface area (Å²) in [4.78, 5) is 0. The molecule has 0 bridgehead atoms. The van der Waals surface area contributed by atoms with Crippen LogP contribution in [0.15, 0.2) is 60.9 Å². The molecule has 0 saturated carbocycles. The first-order chi connectivity index (χ1) is 11.2. The Balaban J connectivity index is 1.94. The second-order valence-corrected chi connectivity index (χ2v) is 6.31. The van der Waals surface area contributed by atoms with Gasteiger partial charge < -0.3 is 10.2 Å². The highest BCUT2D eigenvalue weighted by Gasteiger charge is 2.26. The second kappa shape index (κ2) is 12.0. The normalized spacial score (nSPS) is 21.2. The third-order valence-corrected chi connectivity index (χ3v) is 4.07. The molecule has 1 aliphatic rings. The van der Waals surface area contributed by atoms with E-state index in [2.05, 4.69) is 30.9 Å². The van der Waals surface area contributed by atoms with Gasteiger partial charge in [0.2, 0.25) is 0 Å². The van der Waals surface area contributed by atoms with E-state index in [9.17, 15) is 10.2 Å². The minimum Gasteiger partial charge on any atom is -0.512 e. The second-order valence-electron chi connectivity index (χ2n) is 6.31. The molecule has 0 aromatic rings. The first-order valence-corrected chi connectivity index (χ1v) is 8.87. The van der Waals surface area contributed by atoms with Crippen LogP contribution in [-0.4, -0.2) is 15.8 Å². The van der Waals surface area contributed by atoms with E-state index in [0.29, 0.717) is 6.42 Å². The highest BCUT2D eigenvalue weighted by Crippen LogP contribution is 2.27. The molecule has 0 aliphatic heterocycles. The van der Waals surface area contributed by atoms with E-state index in [1.807, 2.05) is 6.08 Å². The Morgan fingerprint density at radius 3 is 2.48 bits per heavy atom. The summed E-state index contributed by atoms with van der Waals surface area (Å²) in [6, 6.07) is 0. The lowest BCUT2D eigenvalue weighted by Crippen LogP contribution is -2.27. The highest BCUT2D eigenvalue weighted by molar-refractivity contribution is 5.21. The van der Waals surface area contributed by atoms with Crippen molar-refractivity contribution in [2.75, 3.05) is 0 Å². The molecule has 2 heteroatoms. The zero-order chi connectivity index (χ0) is 16.8. The van der Waals surface area contributed by atoms with Crippen LogP contribution >= 0.6 is 0 Å². The van der Waals surface area contributed by atoms with Gasteiger partial charge in [-0.1, -0.05) is 68.2 Å². The van der Waals surface area contributed by atoms with Crippen molar-refractivity contribution >= 4 is 0 Å². The van der Waals surface area contributed by atoms with E-state index in [1.165, 1.54) is 19.3 Å². The molecule has 0 aromatic heterocycles. The Hall–Kier alpha value is -1.54. The number of unbranched alkanes of at least 4 members (excludes halogenated alkanes) is 5. The maximum atomic E-state index is 10.3. The molecule has 1 unspecified atom stereocenters. The molecule has 128 valence electrons. The lowest BCUT2D eigenvalue weighted by atomic mass is 9.88. The first kappa shape index (κ1) is 19.5. The summed E-state index contributed by atoms with van der Waals surface area (Å²) in [7, 11) is 0. The molecule has 0 aromatic carbocycles. The summed E-state index contributed by atoms with van der Waals surface area (Å²) in [5.41, 5.74) is -0.833. The van der Waals surface area contributed by atoms with Gasteiger partial charge in [0.1, 0.15) is 0 Å². The lowest BCUT2D eigenvalue weighted by Gasteiger charge is -2.26. The summed E-state index contributed by atoms with van der Waals surface area (Å²) in [6.07, 6.45) is 26.0. The van der Waals surface area contributed by atoms with Crippen LogP contribution in [0.1, 0.15) is 64.2 Å². The van der Waals surface area contributed by atoms with Crippen LogP contribution in [0.2, 0.25) is 0 Å². The Labute approximate surface area is 141 Å². The van der Waals surface area contributed by atoms with Crippen molar-refractivity contribution in [2.45, 2.75) is 69.8 Å². The molecule has 0 amide bonds. The zero-order valence-electron chi connectivity index (χ0n) is 14.3. The minimum absolute atomic E-state index is 0.279. The van der Waals surface area contributed by atoms with Gasteiger partial charge in [0.15, 0.2) is 0 Å². The minimum atomic E-state index is -0.833. The lowest BCUT2D eigenvalue weighted by molar-refractivity contribution is 0.0655. The van der Waals surface area contributed by atoms with Crippen LogP contribution in [0.4, 0.5) is 0 Å². The Kier molecular flexibility index (Phi) is 10.1. The maximum absolute atomic E-state index is 10.3. The summed E-state index contributed by atoms with van der Waals surface area (Å²) in [5.74, 6) is 0.279. The summed E-state index contributed by atoms with van der Waals surface area (Å²) in [5, 5.41) is 19.8. The van der Waals surface area contributed by atoms with Crippen molar-refractivity contribution in [1.82, 2.24) is 0 Å². The maximum Gasteiger partial charge on any atom is 0.0954 e. The molecular weight excluding hydrogens is 284 g/mol. The third kappa shape index (κ3) is 9.96. The summed E-state index contributed by atoms with van der Waals surface area (Å²) in [6.45, 7) is 3.68. The van der Waals surface area contributed by atoms with Crippen LogP contribution < -0.4 is 0 Å². The van der Waals surface area contributed by atoms with Crippen molar-refractivity contribution < 1.29 is 10.2 Å². The number of hydrogen-bond donors (Lipinski definition) is 2. The standard InChI is InChI=1S/C21H32O2/c1-2-3-4-5-6-7-8-9-10-11-12-13-14-17-21(23)18-15-16-20(22)19-21/h2,4-5,7-8,15-16,18,22-23H,1,3,6,9-14,17,19H2. The fraction of sp³-hybridized carbons (Fsp3) is 0.524. The highest BCUT2D eigenvalue weighted by atomic mass is 16.3. The van der Waals surface area contributed by atoms with Gasteiger partial charge in [0, 0.05) is 6.42 Å². The van der Waals surface area contributed by atoms with E-state index < -0.39 is 5.60 Å². The smallest absolute Gasteiger partial charge is 0.0954 e. The third-order valence-electron chi connectivity index (χ3n) is 4.07. The van der Waals surface area contributed by atoms with E-state index >= 15 is 0 Å². The Bertz CT molecular complexity index is 443. The van der Waals surface area contributed by atoms with Crippen LogP contribution in [-0.2, 0) is 0 Å². The van der Waals surface area contributed by atoms with E-state index in [4.69, 9.17) is 0 Å². The van der Waals surface area contributed by atoms with Crippen LogP contribution in [0.3, 0.4) is 0 Å². The molecule has 0 saturated heterocycles. The van der Waals surface area contributed by atoms with Gasteiger partial charge in [-0.05, 0) is 38.2 Å². The van der Waals surface area contributed by atoms with Gasteiger partial charge in [-0.2, -0.15) is 0 Å². The van der Waals surface area contributed by atoms with Crippen molar-refractivity contribution in [1.29, 1.82) is 0 Å². The van der Waals surface area contributed by atoms with Gasteiger partial charge >= 0.3 is 0 Å². The Morgan fingerprint density at radius 2 is 1.70 bits per heavy atom. The molecule has 0 heterocycles. The Morgan fingerprint density at radius 1 is 1.00 bits per heavy atom. The average Bonchev–Trinajstić information content (AvgIpc) is 2.51. The number of hydrogen-bond acceptors (Lipinski definition) is 2. The predicted octanol–water partition coefficient (Wildman–Crippen LogP) is 5.93. The van der Waals surface area contributed by atoms with Crippen molar-refractivity contribution in [2.24, 2.45) is 0 Å². The first-order valence-electron chi connectivity index (χ1n) is 8.87. The number of allylic oxidation sites excluding steroid dienone is 7. The molecule has 23 heavy (non-hydrogen) atoms. The van der Waals surface area contributed by atoms with Crippen LogP contribution in [0.5, 0.6) is 0 Å². The SMILES string of the molecule is C=CCC=CCC=CCCCCCCCC1(O)C=CC=C(O)C1. The van der Waals surface area contributed by atoms with Crippen LogP contribution in [0, 0.1) is 0 Å². The molecule has 0 spiro atoms. The molecule has 1 aliphatic carbocycles. The van der Waals surface area contributed by atoms with Crippen molar-refractivity contribution in [3.8, 4) is 0 Å². The zero-order valence-corrected chi connectivity index (χ0v) is 14.3. The number of aliphatic hydroxyl groups excluding tert-OH is 1. The molecule has 1 atom stereocenters. The fourth-order valence-electron chi connectivity index (χ4n) is 2.75. The number of rotatable bonds is 12. The fourth-order valence-corrected chi connectivity index (χ4v) is 2.75. The van der Waals surface area contributed by atoms with E-state index in [-0.39, 0.29) is 5.76 Å². The molecule has 2 N–H and O–H groups in total. The number of aliphatic hydroxyl groups is 2. The summed E-state index contributed by atoms with van der Waals surface area (Å²) >= 11 is 0. The van der Waals surface area contributed by atoms with E-state index in [1.54, 1.807) is 18.2 Å². The average molecular weight is 316 g/mol. The quantitative estimate of drug-likeness (QED) is 0.346. The largest absolute Gasteiger partial charge is 0.512 e. The van der Waals surface area contributed by atoms with Gasteiger partial charge in [0.05, 0.1) is 11.4 Å². The van der Waals surface area contributed by atoms with Gasteiger partial charge in [0.25, 0.3) is 0 Å². The van der Waals surface area contributed by atoms with Gasteiger partial charge in [-0.15, -0.1) is 6.58 Å². The van der Waals surface area contributed by atoms with Crippen molar-refractivity contribution in [3.63, 3.8) is 0 Å². The monoisotopic (exact) mass is 316 g/mol. The summed E-state index contributed by atoms with van der Waals surface area (Å²) < 4.78 is 0. The molecular formula is C21H32O2. The predicted molar refractivity (Wildman–Crippen MR) is 99.4 cm³/mol. The topological polar surface area (TPSA) is 40.5 Å². The van der Waals surface area contributed by atoms with Crippen LogP contribution in [0.25, 0.3) is 0 Å². The molecule has 1 rings (SSSR count). The molecule has 2 nitrogen and oxygen atoms in total. The van der Waals surface area contributed by atoms with E-state index in [0.717, 1.165) is 38.5 Å². The van der Waals surface area contributed by atoms with Crippen molar-refractivity contribution in [3.05, 3.63) is 60.9 Å². The molecule has 0 fully saturated rings.